The highest BCUT2D eigenvalue weighted by Gasteiger charge is 2.63. The topological polar surface area (TPSA) is 92.9 Å². The van der Waals surface area contributed by atoms with Gasteiger partial charge >= 0.3 is 5.69 Å². The Labute approximate surface area is 157 Å². The predicted octanol–water partition coefficient (Wildman–Crippen LogP) is 1.75. The number of aliphatic hydroxyl groups excluding tert-OH is 1. The number of nitrogens with zero attached hydrogens (tertiary/aromatic N) is 3. The number of hydrogen-bond acceptors (Lipinski definition) is 4. The maximum absolute atomic E-state index is 13.0. The van der Waals surface area contributed by atoms with Crippen molar-refractivity contribution in [2.75, 3.05) is 0 Å². The molecule has 27 heavy (non-hydrogen) atoms. The first-order chi connectivity index (χ1) is 13.0. The zero-order chi connectivity index (χ0) is 18.9. The number of aliphatic hydroxyl groups is 1. The van der Waals surface area contributed by atoms with Crippen molar-refractivity contribution in [1.82, 2.24) is 19.1 Å². The van der Waals surface area contributed by atoms with E-state index in [-0.39, 0.29) is 22.8 Å². The van der Waals surface area contributed by atoms with Gasteiger partial charge in [-0.15, -0.1) is 0 Å². The van der Waals surface area contributed by atoms with Gasteiger partial charge in [0.15, 0.2) is 5.65 Å². The number of imidazole rings is 1. The molecule has 0 saturated heterocycles. The molecular formula is C20H28N4O3. The largest absolute Gasteiger partial charge is 0.393 e. The second-order valence-electron chi connectivity index (χ2n) is 8.92. The standard InChI is InChI=1S/C20H28N4O3/c1-3-5-23-16-14(17(26)24(6-4-2)19(23)27)21-18(22-16)20-9-11-7-13(20)8-12(10-20)15(11)25/h11-13,15,25H,3-10H2,1-2H3,(H,21,22)/t11-,12?,13-,15+,20?/m1/s1. The molecule has 2 heterocycles. The van der Waals surface area contributed by atoms with Crippen LogP contribution < -0.4 is 11.2 Å². The molecule has 7 heteroatoms. The van der Waals surface area contributed by atoms with Crippen LogP contribution in [0.5, 0.6) is 0 Å². The van der Waals surface area contributed by atoms with E-state index in [1.165, 1.54) is 4.57 Å². The maximum Gasteiger partial charge on any atom is 0.332 e. The third kappa shape index (κ3) is 2.15. The SMILES string of the molecule is CCCn1c(=O)c2[nH]c(C34CC5C[C@H]3C[C@H](C4)[C@@H]5O)nc2n(CCC)c1=O. The predicted molar refractivity (Wildman–Crippen MR) is 102 cm³/mol. The molecule has 5 atom stereocenters. The number of nitrogens with one attached hydrogen (secondary N) is 1. The summed E-state index contributed by atoms with van der Waals surface area (Å²) < 4.78 is 3.01. The number of aromatic nitrogens is 4. The van der Waals surface area contributed by atoms with Crippen molar-refractivity contribution in [3.8, 4) is 0 Å². The third-order valence-electron chi connectivity index (χ3n) is 7.40. The van der Waals surface area contributed by atoms with Crippen molar-refractivity contribution in [3.63, 3.8) is 0 Å². The average Bonchev–Trinajstić information content (AvgIpc) is 3.29. The van der Waals surface area contributed by atoms with Gasteiger partial charge in [0, 0.05) is 18.5 Å². The zero-order valence-corrected chi connectivity index (χ0v) is 16.1. The Morgan fingerprint density at radius 3 is 2.37 bits per heavy atom. The lowest BCUT2D eigenvalue weighted by Gasteiger charge is -2.34. The number of hydrogen-bond donors (Lipinski definition) is 2. The summed E-state index contributed by atoms with van der Waals surface area (Å²) in [5, 5.41) is 10.5. The highest BCUT2D eigenvalue weighted by atomic mass is 16.3. The average molecular weight is 372 g/mol. The molecule has 7 nitrogen and oxygen atoms in total. The summed E-state index contributed by atoms with van der Waals surface area (Å²) in [7, 11) is 0. The fourth-order valence-corrected chi connectivity index (χ4v) is 6.34. The van der Waals surface area contributed by atoms with Gasteiger partial charge in [-0.05, 0) is 56.3 Å². The molecular weight excluding hydrogens is 344 g/mol. The molecule has 2 aromatic rings. The summed E-state index contributed by atoms with van der Waals surface area (Å²) in [5.41, 5.74) is 0.419. The molecule has 0 spiro atoms. The van der Waals surface area contributed by atoms with Gasteiger partial charge in [0.25, 0.3) is 5.56 Å². The van der Waals surface area contributed by atoms with Gasteiger partial charge in [-0.25, -0.2) is 9.78 Å². The summed E-state index contributed by atoms with van der Waals surface area (Å²) in [4.78, 5) is 34.1. The van der Waals surface area contributed by atoms with Crippen molar-refractivity contribution in [3.05, 3.63) is 26.7 Å². The smallest absolute Gasteiger partial charge is 0.332 e. The molecule has 4 aliphatic rings. The van der Waals surface area contributed by atoms with Crippen LogP contribution in [-0.4, -0.2) is 30.3 Å². The molecule has 2 unspecified atom stereocenters. The molecule has 6 rings (SSSR count). The summed E-state index contributed by atoms with van der Waals surface area (Å²) in [6.07, 6.45) is 5.35. The Morgan fingerprint density at radius 1 is 1.11 bits per heavy atom. The summed E-state index contributed by atoms with van der Waals surface area (Å²) >= 11 is 0. The van der Waals surface area contributed by atoms with Crippen molar-refractivity contribution < 1.29 is 5.11 Å². The van der Waals surface area contributed by atoms with Gasteiger partial charge in [-0.1, -0.05) is 13.8 Å². The first-order valence-corrected chi connectivity index (χ1v) is 10.4. The summed E-state index contributed by atoms with van der Waals surface area (Å²) in [5.74, 6) is 2.10. The molecule has 0 aromatic carbocycles. The molecule has 2 aromatic heterocycles. The molecule has 4 saturated carbocycles. The van der Waals surface area contributed by atoms with E-state index in [0.717, 1.165) is 44.3 Å². The van der Waals surface area contributed by atoms with Crippen molar-refractivity contribution in [1.29, 1.82) is 0 Å². The zero-order valence-electron chi connectivity index (χ0n) is 16.1. The highest BCUT2D eigenvalue weighted by molar-refractivity contribution is 5.70. The van der Waals surface area contributed by atoms with Gasteiger partial charge in [-0.2, -0.15) is 0 Å². The summed E-state index contributed by atoms with van der Waals surface area (Å²) in [6, 6.07) is 0. The van der Waals surface area contributed by atoms with E-state index in [1.54, 1.807) is 4.57 Å². The van der Waals surface area contributed by atoms with Crippen LogP contribution in [0.4, 0.5) is 0 Å². The fourth-order valence-electron chi connectivity index (χ4n) is 6.34. The monoisotopic (exact) mass is 372 g/mol. The van der Waals surface area contributed by atoms with Crippen LogP contribution >= 0.6 is 0 Å². The lowest BCUT2D eigenvalue weighted by Crippen LogP contribution is -2.40. The van der Waals surface area contributed by atoms with Gasteiger partial charge in [0.2, 0.25) is 0 Å². The molecule has 4 aliphatic carbocycles. The second kappa shape index (κ2) is 5.80. The quantitative estimate of drug-likeness (QED) is 0.836. The molecule has 2 N–H and O–H groups in total. The van der Waals surface area contributed by atoms with E-state index in [1.807, 2.05) is 13.8 Å². The minimum absolute atomic E-state index is 0.0529. The third-order valence-corrected chi connectivity index (χ3v) is 7.40. The fraction of sp³-hybridized carbons (Fsp3) is 0.750. The second-order valence-corrected chi connectivity index (χ2v) is 8.92. The van der Waals surface area contributed by atoms with Crippen LogP contribution in [0.2, 0.25) is 0 Å². The Bertz CT molecular complexity index is 1000. The molecule has 0 aliphatic heterocycles. The Hall–Kier alpha value is -1.89. The first kappa shape index (κ1) is 17.2. The van der Waals surface area contributed by atoms with Gasteiger partial charge in [0.05, 0.1) is 6.10 Å². The number of aromatic amines is 1. The number of fused-ring (bicyclic) bond motifs is 1. The Balaban J connectivity index is 1.71. The number of aryl methyl sites for hydroxylation is 1. The Morgan fingerprint density at radius 2 is 1.74 bits per heavy atom. The lowest BCUT2D eigenvalue weighted by molar-refractivity contribution is 0.0167. The normalized spacial score (nSPS) is 34.2. The van der Waals surface area contributed by atoms with Crippen LogP contribution in [0.25, 0.3) is 11.2 Å². The van der Waals surface area contributed by atoms with E-state index >= 15 is 0 Å². The molecule has 4 bridgehead atoms. The van der Waals surface area contributed by atoms with E-state index < -0.39 is 0 Å². The van der Waals surface area contributed by atoms with E-state index in [2.05, 4.69) is 4.98 Å². The minimum Gasteiger partial charge on any atom is -0.393 e. The number of H-pyrrole nitrogens is 1. The van der Waals surface area contributed by atoms with Crippen molar-refractivity contribution in [2.45, 2.75) is 77.0 Å². The van der Waals surface area contributed by atoms with E-state index in [4.69, 9.17) is 4.98 Å². The lowest BCUT2D eigenvalue weighted by atomic mass is 9.73. The van der Waals surface area contributed by atoms with Gasteiger partial charge in [-0.3, -0.25) is 13.9 Å². The first-order valence-electron chi connectivity index (χ1n) is 10.4. The maximum atomic E-state index is 13.0. The van der Waals surface area contributed by atoms with E-state index in [9.17, 15) is 14.7 Å². The molecule has 0 radical (unpaired) electrons. The summed E-state index contributed by atoms with van der Waals surface area (Å²) in [6.45, 7) is 4.98. The Kier molecular flexibility index (Phi) is 3.70. The minimum atomic E-state index is -0.253. The molecule has 146 valence electrons. The van der Waals surface area contributed by atoms with E-state index in [0.29, 0.717) is 42.0 Å². The van der Waals surface area contributed by atoms with Crippen LogP contribution in [0.3, 0.4) is 0 Å². The van der Waals surface area contributed by atoms with Crippen LogP contribution in [0, 0.1) is 17.8 Å². The van der Waals surface area contributed by atoms with Crippen LogP contribution in [0.15, 0.2) is 9.59 Å². The van der Waals surface area contributed by atoms with Gasteiger partial charge in [0.1, 0.15) is 11.3 Å². The molecule has 4 fully saturated rings. The van der Waals surface area contributed by atoms with Crippen molar-refractivity contribution >= 4 is 11.2 Å². The number of rotatable bonds is 5. The highest BCUT2D eigenvalue weighted by Crippen LogP contribution is 2.65. The van der Waals surface area contributed by atoms with Crippen molar-refractivity contribution in [2.24, 2.45) is 17.8 Å². The van der Waals surface area contributed by atoms with Crippen LogP contribution in [-0.2, 0) is 18.5 Å². The molecule has 0 amide bonds. The van der Waals surface area contributed by atoms with Crippen LogP contribution in [0.1, 0.15) is 58.2 Å². The van der Waals surface area contributed by atoms with Gasteiger partial charge < -0.3 is 10.1 Å².